The number of rotatable bonds is 10. The van der Waals surface area contributed by atoms with Gasteiger partial charge in [-0.2, -0.15) is 0 Å². The molecule has 1 amide bonds. The Morgan fingerprint density at radius 1 is 0.973 bits per heavy atom. The minimum Gasteiger partial charge on any atom is -0.489 e. The lowest BCUT2D eigenvalue weighted by atomic mass is 10.1. The second-order valence-electron chi connectivity index (χ2n) is 8.90. The average molecular weight is 493 g/mol. The molecule has 0 saturated carbocycles. The van der Waals surface area contributed by atoms with E-state index >= 15 is 0 Å². The van der Waals surface area contributed by atoms with Crippen LogP contribution in [-0.2, 0) is 24.4 Å². The zero-order valence-corrected chi connectivity index (χ0v) is 20.6. The second-order valence-corrected chi connectivity index (χ2v) is 8.90. The fourth-order valence-electron chi connectivity index (χ4n) is 4.17. The topological polar surface area (TPSA) is 83.9 Å². The van der Waals surface area contributed by atoms with Gasteiger partial charge in [0.05, 0.1) is 0 Å². The van der Waals surface area contributed by atoms with E-state index in [4.69, 9.17) is 4.74 Å². The van der Waals surface area contributed by atoms with Crippen LogP contribution in [0, 0.1) is 0 Å². The number of amides is 1. The first-order valence-electron chi connectivity index (χ1n) is 12.2. The molecular weight excluding hydrogens is 464 g/mol. The number of nitrogens with zero attached hydrogens (tertiary/aromatic N) is 6. The Morgan fingerprint density at radius 3 is 2.41 bits per heavy atom. The second kappa shape index (κ2) is 11.4. The van der Waals surface area contributed by atoms with Crippen LogP contribution >= 0.6 is 0 Å². The lowest BCUT2D eigenvalue weighted by molar-refractivity contribution is -0.130. The van der Waals surface area contributed by atoms with Crippen molar-refractivity contribution in [3.8, 4) is 5.75 Å². The van der Waals surface area contributed by atoms with Crippen molar-refractivity contribution in [3.05, 3.63) is 108 Å². The molecule has 1 aliphatic rings. The van der Waals surface area contributed by atoms with E-state index in [1.807, 2.05) is 96.7 Å². The van der Waals surface area contributed by atoms with E-state index in [9.17, 15) is 4.79 Å². The molecule has 37 heavy (non-hydrogen) atoms. The fourth-order valence-corrected chi connectivity index (χ4v) is 4.17. The normalized spacial score (nSPS) is 13.1. The zero-order chi connectivity index (χ0) is 25.5. The maximum absolute atomic E-state index is 13.1. The van der Waals surface area contributed by atoms with Crippen molar-refractivity contribution in [2.45, 2.75) is 25.7 Å². The molecule has 0 N–H and O–H groups in total. The van der Waals surface area contributed by atoms with Gasteiger partial charge in [-0.05, 0) is 57.8 Å². The van der Waals surface area contributed by atoms with Gasteiger partial charge in [-0.15, -0.1) is 10.2 Å². The van der Waals surface area contributed by atoms with Gasteiger partial charge < -0.3 is 14.2 Å². The molecule has 0 unspecified atom stereocenters. The first-order chi connectivity index (χ1) is 18.2. The summed E-state index contributed by atoms with van der Waals surface area (Å²) in [6, 6.07) is 26.2. The molecule has 4 aromatic rings. The van der Waals surface area contributed by atoms with Gasteiger partial charge in [-0.3, -0.25) is 4.79 Å². The average Bonchev–Trinajstić information content (AvgIpc) is 3.58. The van der Waals surface area contributed by atoms with Gasteiger partial charge in [-0.25, -0.2) is 0 Å². The Morgan fingerprint density at radius 2 is 1.68 bits per heavy atom. The van der Waals surface area contributed by atoms with Crippen molar-refractivity contribution in [1.29, 1.82) is 0 Å². The van der Waals surface area contributed by atoms with Gasteiger partial charge in [0.1, 0.15) is 18.9 Å². The van der Waals surface area contributed by atoms with E-state index in [2.05, 4.69) is 32.8 Å². The summed E-state index contributed by atoms with van der Waals surface area (Å²) in [7, 11) is 1.85. The van der Waals surface area contributed by atoms with E-state index in [1.165, 1.54) is 5.56 Å². The molecule has 2 heterocycles. The first-order valence-corrected chi connectivity index (χ1v) is 12.2. The largest absolute Gasteiger partial charge is 0.489 e. The number of carbonyl (C=O) groups is 1. The van der Waals surface area contributed by atoms with Crippen molar-refractivity contribution in [3.63, 3.8) is 0 Å². The number of ether oxygens (including phenoxy) is 1. The molecule has 0 radical (unpaired) electrons. The minimum atomic E-state index is -0.429. The molecule has 8 heteroatoms. The van der Waals surface area contributed by atoms with Crippen molar-refractivity contribution in [2.24, 2.45) is 20.7 Å². The van der Waals surface area contributed by atoms with Crippen LogP contribution in [0.2, 0.25) is 0 Å². The Kier molecular flexibility index (Phi) is 7.45. The van der Waals surface area contributed by atoms with Crippen molar-refractivity contribution >= 4 is 22.9 Å². The molecule has 0 spiro atoms. The molecular formula is C29H28N6O2. The number of likely N-dealkylation sites (N-methyl/N-ethyl adjacent to an activating group) is 1. The van der Waals surface area contributed by atoms with E-state index in [0.29, 0.717) is 13.2 Å². The highest BCUT2D eigenvalue weighted by atomic mass is 16.5. The summed E-state index contributed by atoms with van der Waals surface area (Å²) in [6.45, 7) is 1.37. The monoisotopic (exact) mass is 492 g/mol. The summed E-state index contributed by atoms with van der Waals surface area (Å²) in [5.41, 5.74) is 4.20. The highest BCUT2D eigenvalue weighted by Crippen LogP contribution is 2.28. The Bertz CT molecular complexity index is 1430. The predicted molar refractivity (Wildman–Crippen MR) is 143 cm³/mol. The summed E-state index contributed by atoms with van der Waals surface area (Å²) >= 11 is 0. The summed E-state index contributed by atoms with van der Waals surface area (Å²) in [6.07, 6.45) is 6.15. The van der Waals surface area contributed by atoms with Gasteiger partial charge >= 0.3 is 0 Å². The van der Waals surface area contributed by atoms with Crippen molar-refractivity contribution in [2.75, 3.05) is 13.6 Å². The van der Waals surface area contributed by atoms with Gasteiger partial charge in [-0.1, -0.05) is 66.7 Å². The van der Waals surface area contributed by atoms with E-state index < -0.39 is 6.17 Å². The first kappa shape index (κ1) is 24.1. The number of hydrogen-bond acceptors (Lipinski definition) is 6. The van der Waals surface area contributed by atoms with Gasteiger partial charge in [0.25, 0.3) is 0 Å². The minimum absolute atomic E-state index is 0.0474. The summed E-state index contributed by atoms with van der Waals surface area (Å²) < 4.78 is 8.04. The predicted octanol–water partition coefficient (Wildman–Crippen LogP) is 6.09. The zero-order valence-electron chi connectivity index (χ0n) is 20.6. The van der Waals surface area contributed by atoms with Crippen LogP contribution in [0.25, 0.3) is 17.0 Å². The maximum Gasteiger partial charge on any atom is 0.242 e. The van der Waals surface area contributed by atoms with Crippen LogP contribution in [0.5, 0.6) is 5.75 Å². The third kappa shape index (κ3) is 6.16. The number of hydrogen-bond donors (Lipinski definition) is 0. The smallest absolute Gasteiger partial charge is 0.242 e. The number of carbonyl (C=O) groups excluding carboxylic acids is 1. The molecule has 1 aliphatic heterocycles. The van der Waals surface area contributed by atoms with E-state index in [0.717, 1.165) is 34.2 Å². The number of benzene rings is 3. The van der Waals surface area contributed by atoms with Crippen LogP contribution in [0.1, 0.15) is 16.7 Å². The Labute approximate surface area is 215 Å². The molecule has 1 aromatic heterocycles. The molecule has 0 bridgehead atoms. The highest BCUT2D eigenvalue weighted by Gasteiger charge is 2.15. The fraction of sp³-hybridized carbons (Fsp3) is 0.207. The lowest BCUT2D eigenvalue weighted by Gasteiger charge is -2.18. The number of fused-ring (bicyclic) bond motifs is 1. The molecule has 0 saturated heterocycles. The van der Waals surface area contributed by atoms with Gasteiger partial charge in [0.15, 0.2) is 0 Å². The summed E-state index contributed by atoms with van der Waals surface area (Å²) in [4.78, 5) is 14.9. The van der Waals surface area contributed by atoms with Crippen LogP contribution in [0.15, 0.2) is 112 Å². The third-order valence-electron chi connectivity index (χ3n) is 6.27. The van der Waals surface area contributed by atoms with Crippen LogP contribution in [-0.4, -0.2) is 35.1 Å². The molecule has 0 aliphatic carbocycles. The Hall–Kier alpha value is -4.59. The molecule has 8 nitrogen and oxygen atoms in total. The lowest BCUT2D eigenvalue weighted by Crippen LogP contribution is -2.31. The van der Waals surface area contributed by atoms with Crippen molar-refractivity contribution in [1.82, 2.24) is 9.47 Å². The molecule has 0 fully saturated rings. The Balaban J connectivity index is 1.35. The number of aromatic nitrogens is 1. The van der Waals surface area contributed by atoms with Crippen LogP contribution < -0.4 is 4.74 Å². The van der Waals surface area contributed by atoms with Crippen LogP contribution in [0.3, 0.4) is 0 Å². The molecule has 186 valence electrons. The molecule has 5 rings (SSSR count). The van der Waals surface area contributed by atoms with Crippen molar-refractivity contribution < 1.29 is 9.53 Å². The van der Waals surface area contributed by atoms with Gasteiger partial charge in [0.2, 0.25) is 12.1 Å². The molecule has 0 atom stereocenters. The summed E-state index contributed by atoms with van der Waals surface area (Å²) in [5.74, 6) is 0.807. The standard InChI is InChI=1S/C29H28N6O2/c1-34(17-16-22-8-4-2-5-9-22)29(36)20-35-19-24(12-15-28-30-32-33-31-28)26-18-25(13-14-27(26)35)37-21-23-10-6-3-7-11-23/h2-15,18-19,28H,16-17,20-21H2,1H3/b15-12+. The van der Waals surface area contributed by atoms with E-state index in [-0.39, 0.29) is 12.5 Å². The van der Waals surface area contributed by atoms with Crippen LogP contribution in [0.4, 0.5) is 0 Å². The summed E-state index contributed by atoms with van der Waals surface area (Å²) in [5, 5.41) is 16.0. The molecule has 3 aromatic carbocycles. The maximum atomic E-state index is 13.1. The highest BCUT2D eigenvalue weighted by molar-refractivity contribution is 5.92. The quantitative estimate of drug-likeness (QED) is 0.268. The third-order valence-corrected chi connectivity index (χ3v) is 6.27. The van der Waals surface area contributed by atoms with Gasteiger partial charge in [0, 0.05) is 30.7 Å². The van der Waals surface area contributed by atoms with E-state index in [1.54, 1.807) is 4.90 Å². The SMILES string of the molecule is CN(CCc1ccccc1)C(=O)Cn1cc(/C=C/C2N=NN=N2)c2cc(OCc3ccccc3)ccc21.